The molecule has 0 aliphatic carbocycles. The first kappa shape index (κ1) is 26.9. The van der Waals surface area contributed by atoms with Gasteiger partial charge in [0.1, 0.15) is 11.4 Å². The van der Waals surface area contributed by atoms with Crippen LogP contribution in [0.5, 0.6) is 0 Å². The minimum absolute atomic E-state index is 0.0347. The van der Waals surface area contributed by atoms with Crippen molar-refractivity contribution in [2.75, 3.05) is 12.8 Å². The number of amides is 1. The zero-order valence-electron chi connectivity index (χ0n) is 19.8. The number of hydrogen-bond acceptors (Lipinski definition) is 5. The first-order valence-corrected chi connectivity index (χ1v) is 14.3. The summed E-state index contributed by atoms with van der Waals surface area (Å²) in [6, 6.07) is 4.56. The van der Waals surface area contributed by atoms with Crippen LogP contribution >= 0.6 is 11.8 Å². The Morgan fingerprint density at radius 3 is 2.30 bits per heavy atom. The van der Waals surface area contributed by atoms with Crippen molar-refractivity contribution < 1.29 is 23.5 Å². The summed E-state index contributed by atoms with van der Waals surface area (Å²) in [7, 11) is -2.16. The van der Waals surface area contributed by atoms with Gasteiger partial charge in [0.15, 0.2) is 8.32 Å². The van der Waals surface area contributed by atoms with Gasteiger partial charge in [-0.2, -0.15) is 0 Å². The molecule has 2 N–H and O–H groups in total. The van der Waals surface area contributed by atoms with E-state index < -0.39 is 32.2 Å². The number of alkyl carbamates (subject to hydrolysis) is 1. The molecule has 0 saturated carbocycles. The van der Waals surface area contributed by atoms with E-state index in [-0.39, 0.29) is 23.8 Å². The van der Waals surface area contributed by atoms with Crippen molar-refractivity contribution in [3.05, 3.63) is 29.6 Å². The van der Waals surface area contributed by atoms with Crippen LogP contribution in [-0.4, -0.2) is 44.0 Å². The van der Waals surface area contributed by atoms with Crippen LogP contribution in [0, 0.1) is 5.82 Å². The van der Waals surface area contributed by atoms with Crippen LogP contribution < -0.4 is 5.32 Å². The van der Waals surface area contributed by atoms with E-state index >= 15 is 0 Å². The average Bonchev–Trinajstić information content (AvgIpc) is 2.56. The van der Waals surface area contributed by atoms with E-state index in [4.69, 9.17) is 9.16 Å². The van der Waals surface area contributed by atoms with Gasteiger partial charge in [0.05, 0.1) is 12.2 Å². The van der Waals surface area contributed by atoms with E-state index in [2.05, 4.69) is 39.2 Å². The number of nitrogens with one attached hydrogen (secondary N) is 1. The number of rotatable bonds is 8. The predicted octanol–water partition coefficient (Wildman–Crippen LogP) is 5.89. The first-order valence-electron chi connectivity index (χ1n) is 10.2. The summed E-state index contributed by atoms with van der Waals surface area (Å²) in [6.07, 6.45) is 0.214. The molecular weight excluding hydrogens is 421 g/mol. The molecule has 0 fully saturated rings. The molecule has 1 aromatic carbocycles. The maximum Gasteiger partial charge on any atom is 0.407 e. The molecule has 0 aromatic heterocycles. The van der Waals surface area contributed by atoms with Gasteiger partial charge in [-0.25, -0.2) is 9.18 Å². The molecule has 0 bridgehead atoms. The molecule has 2 atom stereocenters. The highest BCUT2D eigenvalue weighted by atomic mass is 32.2. The Morgan fingerprint density at radius 2 is 1.80 bits per heavy atom. The van der Waals surface area contributed by atoms with E-state index in [1.165, 1.54) is 23.9 Å². The number of halogens is 1. The van der Waals surface area contributed by atoms with Crippen molar-refractivity contribution in [1.29, 1.82) is 0 Å². The molecule has 0 radical (unpaired) electrons. The number of carbonyl (C=O) groups is 1. The number of hydrogen-bond donors (Lipinski definition) is 2. The molecule has 1 aromatic rings. The van der Waals surface area contributed by atoms with E-state index in [0.717, 1.165) is 4.90 Å². The first-order chi connectivity index (χ1) is 13.5. The highest BCUT2D eigenvalue weighted by Gasteiger charge is 2.39. The van der Waals surface area contributed by atoms with Crippen LogP contribution in [0.2, 0.25) is 18.1 Å². The quantitative estimate of drug-likeness (QED) is 0.375. The number of aliphatic hydroxyl groups excluding tert-OH is 1. The predicted molar refractivity (Wildman–Crippen MR) is 124 cm³/mol. The fraction of sp³-hybridized carbons (Fsp3) is 0.682. The maximum atomic E-state index is 13.9. The molecule has 0 saturated heterocycles. The van der Waals surface area contributed by atoms with Crippen molar-refractivity contribution in [3.8, 4) is 0 Å². The monoisotopic (exact) mass is 459 g/mol. The zero-order chi connectivity index (χ0) is 23.3. The fourth-order valence-electron chi connectivity index (χ4n) is 2.56. The van der Waals surface area contributed by atoms with Crippen molar-refractivity contribution in [1.82, 2.24) is 5.32 Å². The second-order valence-corrected chi connectivity index (χ2v) is 15.7. The lowest BCUT2D eigenvalue weighted by atomic mass is 10.0. The number of ether oxygens (including phenoxy) is 1. The molecule has 0 unspecified atom stereocenters. The second-order valence-electron chi connectivity index (χ2n) is 10.1. The van der Waals surface area contributed by atoms with Crippen molar-refractivity contribution in [2.45, 2.75) is 88.8 Å². The van der Waals surface area contributed by atoms with Crippen LogP contribution in [0.3, 0.4) is 0 Å². The number of thioether (sulfide) groups is 1. The van der Waals surface area contributed by atoms with Gasteiger partial charge in [0, 0.05) is 17.9 Å². The fourth-order valence-corrected chi connectivity index (χ4v) is 4.41. The molecule has 5 nitrogen and oxygen atoms in total. The van der Waals surface area contributed by atoms with Gasteiger partial charge in [-0.05, 0) is 68.9 Å². The lowest BCUT2D eigenvalue weighted by Crippen LogP contribution is -2.47. The van der Waals surface area contributed by atoms with Crippen molar-refractivity contribution in [2.24, 2.45) is 0 Å². The number of aliphatic hydroxyl groups is 1. The molecule has 1 rings (SSSR count). The smallest absolute Gasteiger partial charge is 0.407 e. The third kappa shape index (κ3) is 8.96. The van der Waals surface area contributed by atoms with E-state index in [1.54, 1.807) is 26.8 Å². The van der Waals surface area contributed by atoms with Gasteiger partial charge in [-0.15, -0.1) is 11.8 Å². The summed E-state index contributed by atoms with van der Waals surface area (Å²) in [5.41, 5.74) is -0.102. The molecule has 0 aliphatic heterocycles. The third-order valence-electron chi connectivity index (χ3n) is 5.14. The molecule has 8 heteroatoms. The van der Waals surface area contributed by atoms with Crippen LogP contribution in [0.25, 0.3) is 0 Å². The highest BCUT2D eigenvalue weighted by molar-refractivity contribution is 7.98. The normalized spacial score (nSPS) is 14.9. The van der Waals surface area contributed by atoms with Gasteiger partial charge in [-0.1, -0.05) is 20.8 Å². The van der Waals surface area contributed by atoms with Gasteiger partial charge in [0.2, 0.25) is 0 Å². The number of carbonyl (C=O) groups excluding carboxylic acids is 1. The standard InChI is InChI=1S/C22H38FNO4SSi/c1-21(2,3)27-20(26)24-14-17(28-30(8,9)22(4,5)6)13-19(25)15-10-16(23)12-18(11-15)29-7/h10-12,17,19,25H,13-14H2,1-9H3,(H,24,26)/t17-,19+/m1/s1. The zero-order valence-corrected chi connectivity index (χ0v) is 21.6. The van der Waals surface area contributed by atoms with Crippen LogP contribution in [0.15, 0.2) is 23.1 Å². The van der Waals surface area contributed by atoms with E-state index in [1.807, 2.05) is 6.26 Å². The maximum absolute atomic E-state index is 13.9. The molecule has 0 aliphatic rings. The van der Waals surface area contributed by atoms with Gasteiger partial charge in [0.25, 0.3) is 0 Å². The van der Waals surface area contributed by atoms with Crippen molar-refractivity contribution in [3.63, 3.8) is 0 Å². The highest BCUT2D eigenvalue weighted by Crippen LogP contribution is 2.38. The summed E-state index contributed by atoms with van der Waals surface area (Å²) in [4.78, 5) is 12.9. The Bertz CT molecular complexity index is 716. The minimum atomic E-state index is -2.16. The van der Waals surface area contributed by atoms with Crippen LogP contribution in [0.4, 0.5) is 9.18 Å². The Kier molecular flexibility index (Phi) is 9.41. The molecule has 172 valence electrons. The van der Waals surface area contributed by atoms with Crippen molar-refractivity contribution >= 4 is 26.2 Å². The van der Waals surface area contributed by atoms with Gasteiger partial charge in [-0.3, -0.25) is 0 Å². The van der Waals surface area contributed by atoms with Crippen LogP contribution in [-0.2, 0) is 9.16 Å². The summed E-state index contributed by atoms with van der Waals surface area (Å²) < 4.78 is 25.7. The lowest BCUT2D eigenvalue weighted by molar-refractivity contribution is 0.0453. The molecular formula is C22H38FNO4SSi. The van der Waals surface area contributed by atoms with Crippen LogP contribution in [0.1, 0.15) is 59.6 Å². The summed E-state index contributed by atoms with van der Waals surface area (Å²) >= 11 is 1.42. The Morgan fingerprint density at radius 1 is 1.20 bits per heavy atom. The Labute approximate surface area is 186 Å². The average molecular weight is 460 g/mol. The minimum Gasteiger partial charge on any atom is -0.444 e. The topological polar surface area (TPSA) is 67.8 Å². The molecule has 0 spiro atoms. The summed E-state index contributed by atoms with van der Waals surface area (Å²) in [5, 5.41) is 13.5. The summed E-state index contributed by atoms with van der Waals surface area (Å²) in [5.74, 6) is -0.385. The Balaban J connectivity index is 2.99. The van der Waals surface area contributed by atoms with E-state index in [9.17, 15) is 14.3 Å². The number of benzene rings is 1. The lowest BCUT2D eigenvalue weighted by Gasteiger charge is -2.40. The molecule has 30 heavy (non-hydrogen) atoms. The molecule has 1 amide bonds. The largest absolute Gasteiger partial charge is 0.444 e. The SMILES string of the molecule is CSc1cc(F)cc([C@@H](O)C[C@H](CNC(=O)OC(C)(C)C)O[Si](C)(C)C(C)(C)C)c1. The van der Waals surface area contributed by atoms with Gasteiger partial charge < -0.3 is 19.6 Å². The summed E-state index contributed by atoms with van der Waals surface area (Å²) in [6.45, 7) is 16.2. The Hall–Kier alpha value is -1.09. The molecule has 0 heterocycles. The second kappa shape index (κ2) is 10.5. The van der Waals surface area contributed by atoms with Gasteiger partial charge >= 0.3 is 6.09 Å². The van der Waals surface area contributed by atoms with E-state index in [0.29, 0.717) is 5.56 Å². The third-order valence-corrected chi connectivity index (χ3v) is 10.4.